The van der Waals surface area contributed by atoms with Crippen LogP contribution in [0.15, 0.2) is 66.7 Å². The van der Waals surface area contributed by atoms with Crippen molar-refractivity contribution in [1.29, 1.82) is 0 Å². The van der Waals surface area contributed by atoms with Gasteiger partial charge >= 0.3 is 5.97 Å². The molecule has 1 aromatic heterocycles. The number of esters is 1. The van der Waals surface area contributed by atoms with Crippen LogP contribution in [0.2, 0.25) is 0 Å². The lowest BCUT2D eigenvalue weighted by atomic mass is 10.0. The van der Waals surface area contributed by atoms with Crippen molar-refractivity contribution in [1.82, 2.24) is 9.97 Å². The number of primary amides is 1. The van der Waals surface area contributed by atoms with Crippen LogP contribution in [0, 0.1) is 0 Å². The molecule has 0 saturated heterocycles. The minimum Gasteiger partial charge on any atom is -0.465 e. The van der Waals surface area contributed by atoms with Gasteiger partial charge in [0.25, 0.3) is 0 Å². The monoisotopic (exact) mass is 361 g/mol. The highest BCUT2D eigenvalue weighted by Gasteiger charge is 2.31. The summed E-state index contributed by atoms with van der Waals surface area (Å²) < 4.78 is 4.99. The highest BCUT2D eigenvalue weighted by atomic mass is 16.5. The highest BCUT2D eigenvalue weighted by Crippen LogP contribution is 2.26. The highest BCUT2D eigenvalue weighted by molar-refractivity contribution is 6.02. The molecule has 0 radical (unpaired) electrons. The van der Waals surface area contributed by atoms with Crippen LogP contribution in [-0.4, -0.2) is 28.5 Å². The second-order valence-corrected chi connectivity index (χ2v) is 5.82. The van der Waals surface area contributed by atoms with Gasteiger partial charge in [-0.15, -0.1) is 0 Å². The summed E-state index contributed by atoms with van der Waals surface area (Å²) in [7, 11) is 0. The first-order chi connectivity index (χ1) is 13.1. The summed E-state index contributed by atoms with van der Waals surface area (Å²) >= 11 is 0. The number of amides is 1. The zero-order valence-electron chi connectivity index (χ0n) is 14.8. The zero-order chi connectivity index (χ0) is 19.2. The molecule has 27 heavy (non-hydrogen) atoms. The Hall–Kier alpha value is -3.54. The number of carbonyl (C=O) groups is 2. The van der Waals surface area contributed by atoms with Gasteiger partial charge in [0, 0.05) is 11.1 Å². The second kappa shape index (κ2) is 8.23. The van der Waals surface area contributed by atoms with Crippen LogP contribution in [0.25, 0.3) is 22.5 Å². The minimum absolute atomic E-state index is 0.0288. The predicted octanol–water partition coefficient (Wildman–Crippen LogP) is 2.94. The summed E-state index contributed by atoms with van der Waals surface area (Å²) in [5.41, 5.74) is 8.32. The number of nitrogens with zero attached hydrogens (tertiary/aromatic N) is 2. The minimum atomic E-state index is -1.36. The van der Waals surface area contributed by atoms with E-state index in [4.69, 9.17) is 10.5 Å². The van der Waals surface area contributed by atoms with E-state index < -0.39 is 17.8 Å². The molecule has 0 bridgehead atoms. The van der Waals surface area contributed by atoms with Gasteiger partial charge in [-0.1, -0.05) is 60.7 Å². The Balaban J connectivity index is 2.18. The van der Waals surface area contributed by atoms with Gasteiger partial charge in [-0.3, -0.25) is 9.59 Å². The van der Waals surface area contributed by atoms with Gasteiger partial charge in [-0.05, 0) is 13.0 Å². The summed E-state index contributed by atoms with van der Waals surface area (Å²) in [5, 5.41) is 0. The van der Waals surface area contributed by atoms with Crippen molar-refractivity contribution in [2.45, 2.75) is 12.8 Å². The Bertz CT molecular complexity index is 886. The lowest BCUT2D eigenvalue weighted by Crippen LogP contribution is -2.31. The van der Waals surface area contributed by atoms with Crippen molar-refractivity contribution < 1.29 is 14.3 Å². The van der Waals surface area contributed by atoms with Gasteiger partial charge in [-0.2, -0.15) is 0 Å². The fourth-order valence-electron chi connectivity index (χ4n) is 2.68. The largest absolute Gasteiger partial charge is 0.465 e. The molecule has 0 saturated carbocycles. The smallest absolute Gasteiger partial charge is 0.326 e. The molecule has 1 amide bonds. The maximum Gasteiger partial charge on any atom is 0.326 e. The first-order valence-electron chi connectivity index (χ1n) is 8.56. The van der Waals surface area contributed by atoms with Crippen LogP contribution < -0.4 is 5.73 Å². The molecule has 6 nitrogen and oxygen atoms in total. The third kappa shape index (κ3) is 4.17. The first-order valence-corrected chi connectivity index (χ1v) is 8.56. The van der Waals surface area contributed by atoms with Crippen molar-refractivity contribution >= 4 is 11.9 Å². The molecule has 1 heterocycles. The first kappa shape index (κ1) is 18.3. The second-order valence-electron chi connectivity index (χ2n) is 5.82. The van der Waals surface area contributed by atoms with Gasteiger partial charge in [0.2, 0.25) is 5.91 Å². The van der Waals surface area contributed by atoms with Crippen molar-refractivity contribution in [3.63, 3.8) is 0 Å². The van der Waals surface area contributed by atoms with Gasteiger partial charge in [0.1, 0.15) is 0 Å². The fourth-order valence-corrected chi connectivity index (χ4v) is 2.68. The molecule has 0 spiro atoms. The van der Waals surface area contributed by atoms with Gasteiger partial charge < -0.3 is 10.5 Å². The summed E-state index contributed by atoms with van der Waals surface area (Å²) in [6, 6.07) is 20.7. The fraction of sp³-hybridized carbons (Fsp3) is 0.143. The quantitative estimate of drug-likeness (QED) is 0.538. The molecule has 0 aliphatic carbocycles. The van der Waals surface area contributed by atoms with E-state index in [9.17, 15) is 9.59 Å². The zero-order valence-corrected chi connectivity index (χ0v) is 14.8. The number of carbonyl (C=O) groups excluding carboxylic acids is 2. The number of hydrogen-bond acceptors (Lipinski definition) is 5. The Morgan fingerprint density at radius 3 is 1.81 bits per heavy atom. The van der Waals surface area contributed by atoms with E-state index in [0.717, 1.165) is 11.1 Å². The lowest BCUT2D eigenvalue weighted by molar-refractivity contribution is -0.147. The Kier molecular flexibility index (Phi) is 5.56. The molecule has 0 fully saturated rings. The molecule has 6 heteroatoms. The standard InChI is InChI=1S/C21H19N3O3/c1-2-27-21(26)18(19(22)25)20-23-16(14-9-5-3-6-10-14)13-17(24-20)15-11-7-4-8-12-15/h3-13,18H,2H2,1H3,(H2,22,25)/t18-/m1/s1. The summed E-state index contributed by atoms with van der Waals surface area (Å²) in [4.78, 5) is 33.1. The van der Waals surface area contributed by atoms with E-state index >= 15 is 0 Å². The summed E-state index contributed by atoms with van der Waals surface area (Å²) in [6.07, 6.45) is 0. The molecular formula is C21H19N3O3. The van der Waals surface area contributed by atoms with Crippen LogP contribution in [0.5, 0.6) is 0 Å². The van der Waals surface area contributed by atoms with Crippen LogP contribution in [0.4, 0.5) is 0 Å². The van der Waals surface area contributed by atoms with Gasteiger partial charge in [-0.25, -0.2) is 9.97 Å². The number of aromatic nitrogens is 2. The summed E-state index contributed by atoms with van der Waals surface area (Å²) in [6.45, 7) is 1.79. The third-order valence-electron chi connectivity index (χ3n) is 3.95. The van der Waals surface area contributed by atoms with E-state index in [2.05, 4.69) is 9.97 Å². The molecule has 0 unspecified atom stereocenters. The number of nitrogens with two attached hydrogens (primary N) is 1. The number of ether oxygens (including phenoxy) is 1. The van der Waals surface area contributed by atoms with Crippen molar-refractivity contribution in [3.8, 4) is 22.5 Å². The number of benzene rings is 2. The average molecular weight is 361 g/mol. The number of rotatable bonds is 6. The lowest BCUT2D eigenvalue weighted by Gasteiger charge is -2.14. The Labute approximate surface area is 157 Å². The molecule has 0 aliphatic rings. The van der Waals surface area contributed by atoms with E-state index in [1.54, 1.807) is 6.92 Å². The predicted molar refractivity (Wildman–Crippen MR) is 101 cm³/mol. The average Bonchev–Trinajstić information content (AvgIpc) is 2.69. The van der Waals surface area contributed by atoms with E-state index in [-0.39, 0.29) is 12.4 Å². The molecule has 1 atom stereocenters. The van der Waals surface area contributed by atoms with E-state index in [1.165, 1.54) is 0 Å². The number of hydrogen-bond donors (Lipinski definition) is 1. The summed E-state index contributed by atoms with van der Waals surface area (Å²) in [5.74, 6) is -2.94. The van der Waals surface area contributed by atoms with Gasteiger partial charge in [0.05, 0.1) is 18.0 Å². The van der Waals surface area contributed by atoms with Crippen LogP contribution in [0.3, 0.4) is 0 Å². The topological polar surface area (TPSA) is 95.2 Å². The van der Waals surface area contributed by atoms with Gasteiger partial charge in [0.15, 0.2) is 11.7 Å². The molecular weight excluding hydrogens is 342 g/mol. The van der Waals surface area contributed by atoms with Crippen molar-refractivity contribution in [3.05, 3.63) is 72.6 Å². The Morgan fingerprint density at radius 1 is 0.926 bits per heavy atom. The van der Waals surface area contributed by atoms with Crippen LogP contribution in [0.1, 0.15) is 18.7 Å². The maximum absolute atomic E-state index is 12.3. The van der Waals surface area contributed by atoms with Crippen molar-refractivity contribution in [2.75, 3.05) is 6.61 Å². The van der Waals surface area contributed by atoms with Crippen LogP contribution in [-0.2, 0) is 14.3 Å². The molecule has 3 aromatic rings. The molecule has 0 aliphatic heterocycles. The molecule has 3 rings (SSSR count). The third-order valence-corrected chi connectivity index (χ3v) is 3.95. The van der Waals surface area contributed by atoms with E-state index in [0.29, 0.717) is 11.4 Å². The van der Waals surface area contributed by atoms with Crippen molar-refractivity contribution in [2.24, 2.45) is 5.73 Å². The SMILES string of the molecule is CCOC(=O)[C@H](C(N)=O)c1nc(-c2ccccc2)cc(-c2ccccc2)n1. The maximum atomic E-state index is 12.3. The molecule has 136 valence electrons. The normalized spacial score (nSPS) is 11.6. The van der Waals surface area contributed by atoms with E-state index in [1.807, 2.05) is 66.7 Å². The molecule has 2 N–H and O–H groups in total. The van der Waals surface area contributed by atoms with Crippen LogP contribution >= 0.6 is 0 Å². The Morgan fingerprint density at radius 2 is 1.41 bits per heavy atom. The molecule has 2 aromatic carbocycles.